The molecule has 1 saturated heterocycles. The summed E-state index contributed by atoms with van der Waals surface area (Å²) in [6, 6.07) is 5.32. The summed E-state index contributed by atoms with van der Waals surface area (Å²) in [6.45, 7) is 2.59. The quantitative estimate of drug-likeness (QED) is 0.787. The van der Waals surface area contributed by atoms with Crippen LogP contribution in [0.3, 0.4) is 0 Å². The van der Waals surface area contributed by atoms with Crippen LogP contribution in [-0.4, -0.2) is 39.9 Å². The van der Waals surface area contributed by atoms with Crippen LogP contribution in [0.15, 0.2) is 22.7 Å². The Hall–Kier alpha value is -1.60. The van der Waals surface area contributed by atoms with Crippen LogP contribution in [0.2, 0.25) is 0 Å². The fraction of sp³-hybridized carbons (Fsp3) is 0.429. The zero-order valence-corrected chi connectivity index (χ0v) is 13.2. The molecular weight excluding hydrogens is 334 g/mol. The molecule has 6 nitrogen and oxygen atoms in total. The number of nitrogens with one attached hydrogen (secondary N) is 1. The highest BCUT2D eigenvalue weighted by atomic mass is 79.9. The van der Waals surface area contributed by atoms with Gasteiger partial charge in [-0.3, -0.25) is 5.10 Å². The van der Waals surface area contributed by atoms with Crippen LogP contribution in [0.4, 0.5) is 5.95 Å². The molecule has 1 aromatic carbocycles. The Morgan fingerprint density at radius 3 is 2.81 bits per heavy atom. The maximum absolute atomic E-state index is 9.99. The van der Waals surface area contributed by atoms with E-state index in [2.05, 4.69) is 36.0 Å². The smallest absolute Gasteiger partial charge is 0.245 e. The van der Waals surface area contributed by atoms with Crippen molar-refractivity contribution in [3.05, 3.63) is 22.7 Å². The molecule has 0 radical (unpaired) electrons. The van der Waals surface area contributed by atoms with Gasteiger partial charge in [0.2, 0.25) is 5.95 Å². The molecule has 112 valence electrons. The van der Waals surface area contributed by atoms with Crippen LogP contribution in [0.5, 0.6) is 5.75 Å². The first-order chi connectivity index (χ1) is 10.2. The standard InChI is InChI=1S/C14H18BrN5O/c15-10-1-2-11(12(21)7-10)13-17-14(19-18-13)20-5-3-9(8-16)4-6-20/h1-2,7,9,21H,3-6,8,16H2,(H,17,18,19). The minimum Gasteiger partial charge on any atom is -0.507 e. The number of anilines is 1. The van der Waals surface area contributed by atoms with E-state index >= 15 is 0 Å². The summed E-state index contributed by atoms with van der Waals surface area (Å²) in [6.07, 6.45) is 2.15. The lowest BCUT2D eigenvalue weighted by atomic mass is 9.97. The fourth-order valence-corrected chi connectivity index (χ4v) is 2.94. The van der Waals surface area contributed by atoms with Crippen molar-refractivity contribution in [3.63, 3.8) is 0 Å². The Labute approximate surface area is 131 Å². The molecule has 2 heterocycles. The lowest BCUT2D eigenvalue weighted by Gasteiger charge is -2.30. The van der Waals surface area contributed by atoms with Crippen LogP contribution in [-0.2, 0) is 0 Å². The second-order valence-corrected chi connectivity index (χ2v) is 6.23. The number of hydrogen-bond donors (Lipinski definition) is 3. The van der Waals surface area contributed by atoms with E-state index in [0.29, 0.717) is 23.3 Å². The number of aromatic nitrogens is 3. The first kappa shape index (κ1) is 14.3. The summed E-state index contributed by atoms with van der Waals surface area (Å²) in [5.74, 6) is 2.04. The van der Waals surface area contributed by atoms with Crippen molar-refractivity contribution in [2.75, 3.05) is 24.5 Å². The number of H-pyrrole nitrogens is 1. The predicted molar refractivity (Wildman–Crippen MR) is 85.2 cm³/mol. The molecule has 1 aromatic heterocycles. The number of piperidine rings is 1. The highest BCUT2D eigenvalue weighted by molar-refractivity contribution is 9.10. The molecule has 2 aromatic rings. The van der Waals surface area contributed by atoms with Crippen LogP contribution >= 0.6 is 15.9 Å². The Morgan fingerprint density at radius 2 is 2.14 bits per heavy atom. The van der Waals surface area contributed by atoms with Crippen LogP contribution in [0.25, 0.3) is 11.4 Å². The third-order valence-electron chi connectivity index (χ3n) is 3.92. The third-order valence-corrected chi connectivity index (χ3v) is 4.41. The van der Waals surface area contributed by atoms with E-state index in [1.165, 1.54) is 0 Å². The molecule has 0 unspecified atom stereocenters. The maximum Gasteiger partial charge on any atom is 0.245 e. The SMILES string of the molecule is NCC1CCN(c2n[nH]c(-c3ccc(Br)cc3O)n2)CC1. The number of nitrogens with zero attached hydrogens (tertiary/aromatic N) is 3. The van der Waals surface area contributed by atoms with Crippen molar-refractivity contribution in [3.8, 4) is 17.1 Å². The predicted octanol–water partition coefficient (Wildman–Crippen LogP) is 2.11. The van der Waals surface area contributed by atoms with Crippen molar-refractivity contribution in [1.29, 1.82) is 0 Å². The van der Waals surface area contributed by atoms with Crippen molar-refractivity contribution in [2.24, 2.45) is 11.7 Å². The first-order valence-corrected chi connectivity index (χ1v) is 7.83. The molecule has 0 bridgehead atoms. The van der Waals surface area contributed by atoms with Crippen LogP contribution < -0.4 is 10.6 Å². The van der Waals surface area contributed by atoms with Crippen molar-refractivity contribution >= 4 is 21.9 Å². The zero-order valence-electron chi connectivity index (χ0n) is 11.6. The van der Waals surface area contributed by atoms with Gasteiger partial charge < -0.3 is 15.7 Å². The maximum atomic E-state index is 9.99. The number of benzene rings is 1. The lowest BCUT2D eigenvalue weighted by molar-refractivity contribution is 0.411. The van der Waals surface area contributed by atoms with Gasteiger partial charge in [-0.15, -0.1) is 5.10 Å². The molecule has 7 heteroatoms. The number of halogens is 1. The Kier molecular flexibility index (Phi) is 4.12. The van der Waals surface area contributed by atoms with Crippen molar-refractivity contribution in [1.82, 2.24) is 15.2 Å². The van der Waals surface area contributed by atoms with Gasteiger partial charge in [-0.2, -0.15) is 4.98 Å². The highest BCUT2D eigenvalue weighted by Gasteiger charge is 2.21. The molecule has 0 aliphatic carbocycles. The molecule has 1 aliphatic rings. The normalized spacial score (nSPS) is 16.4. The fourth-order valence-electron chi connectivity index (χ4n) is 2.59. The largest absolute Gasteiger partial charge is 0.507 e. The minimum atomic E-state index is 0.175. The van der Waals surface area contributed by atoms with E-state index in [-0.39, 0.29) is 5.75 Å². The number of phenols is 1. The third kappa shape index (κ3) is 3.03. The molecule has 3 rings (SSSR count). The first-order valence-electron chi connectivity index (χ1n) is 7.03. The minimum absolute atomic E-state index is 0.175. The Balaban J connectivity index is 1.77. The lowest BCUT2D eigenvalue weighted by Crippen LogP contribution is -2.36. The Bertz CT molecular complexity index is 622. The average Bonchev–Trinajstić information content (AvgIpc) is 2.97. The number of rotatable bonds is 3. The van der Waals surface area contributed by atoms with Gasteiger partial charge >= 0.3 is 0 Å². The van der Waals surface area contributed by atoms with E-state index < -0.39 is 0 Å². The summed E-state index contributed by atoms with van der Waals surface area (Å²) >= 11 is 3.32. The number of hydrogen-bond acceptors (Lipinski definition) is 5. The van der Waals surface area contributed by atoms with Gasteiger partial charge in [-0.1, -0.05) is 15.9 Å². The molecular formula is C14H18BrN5O. The number of aromatic amines is 1. The number of nitrogens with two attached hydrogens (primary N) is 1. The van der Waals surface area contributed by atoms with Gasteiger partial charge in [-0.25, -0.2) is 0 Å². The van der Waals surface area contributed by atoms with Gasteiger partial charge in [0.15, 0.2) is 5.82 Å². The van der Waals surface area contributed by atoms with Crippen molar-refractivity contribution < 1.29 is 5.11 Å². The summed E-state index contributed by atoms with van der Waals surface area (Å²) in [5.41, 5.74) is 6.36. The second kappa shape index (κ2) is 6.03. The van der Waals surface area contributed by atoms with Gasteiger partial charge in [0.25, 0.3) is 0 Å². The van der Waals surface area contributed by atoms with Gasteiger partial charge in [-0.05, 0) is 43.5 Å². The monoisotopic (exact) mass is 351 g/mol. The van der Waals surface area contributed by atoms with E-state index in [9.17, 15) is 5.11 Å². The molecule has 0 atom stereocenters. The molecule has 0 saturated carbocycles. The van der Waals surface area contributed by atoms with Gasteiger partial charge in [0.05, 0.1) is 5.56 Å². The molecule has 4 N–H and O–H groups in total. The topological polar surface area (TPSA) is 91.1 Å². The average molecular weight is 352 g/mol. The Morgan fingerprint density at radius 1 is 1.38 bits per heavy atom. The molecule has 21 heavy (non-hydrogen) atoms. The van der Waals surface area contributed by atoms with E-state index in [1.54, 1.807) is 6.07 Å². The van der Waals surface area contributed by atoms with Crippen LogP contribution in [0.1, 0.15) is 12.8 Å². The second-order valence-electron chi connectivity index (χ2n) is 5.31. The van der Waals surface area contributed by atoms with Gasteiger partial charge in [0.1, 0.15) is 5.75 Å². The highest BCUT2D eigenvalue weighted by Crippen LogP contribution is 2.30. The molecule has 0 spiro atoms. The van der Waals surface area contributed by atoms with Gasteiger partial charge in [0, 0.05) is 17.6 Å². The summed E-state index contributed by atoms with van der Waals surface area (Å²) < 4.78 is 0.826. The van der Waals surface area contributed by atoms with Crippen molar-refractivity contribution in [2.45, 2.75) is 12.8 Å². The summed E-state index contributed by atoms with van der Waals surface area (Å²) in [4.78, 5) is 6.65. The number of aromatic hydroxyl groups is 1. The molecule has 0 amide bonds. The van der Waals surface area contributed by atoms with Crippen LogP contribution in [0, 0.1) is 5.92 Å². The summed E-state index contributed by atoms with van der Waals surface area (Å²) in [5, 5.41) is 17.2. The zero-order chi connectivity index (χ0) is 14.8. The van der Waals surface area contributed by atoms with E-state index in [0.717, 1.165) is 36.9 Å². The van der Waals surface area contributed by atoms with E-state index in [1.807, 2.05) is 12.1 Å². The van der Waals surface area contributed by atoms with E-state index in [4.69, 9.17) is 5.73 Å². The molecule has 1 fully saturated rings. The number of phenolic OH excluding ortho intramolecular Hbond substituents is 1. The molecule has 1 aliphatic heterocycles. The summed E-state index contributed by atoms with van der Waals surface area (Å²) in [7, 11) is 0.